The standard InChI is InChI=1S/C9H12N6O6S/c10-1-5-4-2-14(8(11)16)12-7(4)6-3-13(5)9(17)15(6)21-22(18,19)20/h2,5-6H,1,3,10H2,(H2,11,16)(H,18,19,20)/t5-,6+/m0/s1. The Morgan fingerprint density at radius 3 is 2.77 bits per heavy atom. The molecule has 3 amide bonds. The summed E-state index contributed by atoms with van der Waals surface area (Å²) >= 11 is 0. The van der Waals surface area contributed by atoms with Crippen LogP contribution in [0.4, 0.5) is 9.59 Å². The molecule has 1 aromatic heterocycles. The van der Waals surface area contributed by atoms with Gasteiger partial charge in [-0.3, -0.25) is 4.55 Å². The number of carbonyl (C=O) groups is 2. The van der Waals surface area contributed by atoms with E-state index in [0.29, 0.717) is 10.6 Å². The van der Waals surface area contributed by atoms with Crippen molar-refractivity contribution in [3.63, 3.8) is 0 Å². The van der Waals surface area contributed by atoms with Crippen LogP contribution in [-0.4, -0.2) is 57.9 Å². The first kappa shape index (κ1) is 14.7. The molecule has 2 bridgehead atoms. The van der Waals surface area contributed by atoms with Crippen LogP contribution in [0.5, 0.6) is 0 Å². The lowest BCUT2D eigenvalue weighted by Crippen LogP contribution is -2.38. The molecular formula is C9H12N6O6S. The average Bonchev–Trinajstić information content (AvgIpc) is 2.95. The number of hydrogen-bond donors (Lipinski definition) is 3. The van der Waals surface area contributed by atoms with E-state index in [4.69, 9.17) is 16.0 Å². The second-order valence-corrected chi connectivity index (χ2v) is 5.79. The van der Waals surface area contributed by atoms with Gasteiger partial charge in [-0.1, -0.05) is 0 Å². The Kier molecular flexibility index (Phi) is 3.10. The fraction of sp³-hybridized carbons (Fsp3) is 0.444. The van der Waals surface area contributed by atoms with Gasteiger partial charge in [-0.15, -0.1) is 4.28 Å². The van der Waals surface area contributed by atoms with Gasteiger partial charge in [0.05, 0.1) is 18.3 Å². The number of nitrogens with zero attached hydrogens (tertiary/aromatic N) is 4. The molecule has 0 aliphatic carbocycles. The van der Waals surface area contributed by atoms with Gasteiger partial charge in [0.15, 0.2) is 0 Å². The molecule has 0 aromatic carbocycles. The summed E-state index contributed by atoms with van der Waals surface area (Å²) in [5.74, 6) is 0. The molecule has 2 atom stereocenters. The molecule has 1 fully saturated rings. The maximum Gasteiger partial charge on any atom is 0.418 e. The van der Waals surface area contributed by atoms with Crippen LogP contribution in [0.1, 0.15) is 23.3 Å². The largest absolute Gasteiger partial charge is 0.418 e. The van der Waals surface area contributed by atoms with Crippen LogP contribution in [0.15, 0.2) is 6.20 Å². The topological polar surface area (TPSA) is 174 Å². The van der Waals surface area contributed by atoms with Crippen LogP contribution < -0.4 is 11.5 Å². The zero-order valence-electron chi connectivity index (χ0n) is 11.0. The minimum absolute atomic E-state index is 0.0234. The van der Waals surface area contributed by atoms with Crippen LogP contribution in [0.3, 0.4) is 0 Å². The first-order valence-electron chi connectivity index (χ1n) is 6.09. The van der Waals surface area contributed by atoms with Gasteiger partial charge in [0, 0.05) is 18.3 Å². The van der Waals surface area contributed by atoms with Crippen molar-refractivity contribution in [1.29, 1.82) is 0 Å². The van der Waals surface area contributed by atoms with Crippen LogP contribution in [0.25, 0.3) is 0 Å². The smallest absolute Gasteiger partial charge is 0.350 e. The molecule has 0 saturated carbocycles. The number of rotatable bonds is 3. The monoisotopic (exact) mass is 332 g/mol. The number of carbonyl (C=O) groups excluding carboxylic acids is 2. The number of aromatic nitrogens is 2. The SMILES string of the molecule is NC[C@H]1c2cn(C(N)=O)nc2[C@H]2CN1C(=O)N2OS(=O)(=O)O. The van der Waals surface area contributed by atoms with Crippen molar-refractivity contribution in [3.05, 3.63) is 17.5 Å². The molecule has 3 heterocycles. The van der Waals surface area contributed by atoms with Crippen LogP contribution in [-0.2, 0) is 14.7 Å². The highest BCUT2D eigenvalue weighted by atomic mass is 32.3. The Morgan fingerprint density at radius 1 is 1.55 bits per heavy atom. The zero-order chi connectivity index (χ0) is 16.2. The highest BCUT2D eigenvalue weighted by Gasteiger charge is 2.51. The van der Waals surface area contributed by atoms with E-state index in [9.17, 15) is 18.0 Å². The van der Waals surface area contributed by atoms with Gasteiger partial charge in [-0.05, 0) is 0 Å². The van der Waals surface area contributed by atoms with E-state index in [1.165, 1.54) is 11.1 Å². The number of nitrogens with two attached hydrogens (primary N) is 2. The minimum atomic E-state index is -4.89. The van der Waals surface area contributed by atoms with Gasteiger partial charge in [0.2, 0.25) is 0 Å². The molecular weight excluding hydrogens is 320 g/mol. The number of fused-ring (bicyclic) bond motifs is 4. The molecule has 3 rings (SSSR count). The fourth-order valence-corrected chi connectivity index (χ4v) is 3.06. The predicted octanol–water partition coefficient (Wildman–Crippen LogP) is -1.66. The molecule has 22 heavy (non-hydrogen) atoms. The average molecular weight is 332 g/mol. The lowest BCUT2D eigenvalue weighted by molar-refractivity contribution is -0.0328. The summed E-state index contributed by atoms with van der Waals surface area (Å²) in [5.41, 5.74) is 11.5. The summed E-state index contributed by atoms with van der Waals surface area (Å²) in [5, 5.41) is 4.44. The molecule has 1 saturated heterocycles. The van der Waals surface area contributed by atoms with Gasteiger partial charge in [0.1, 0.15) is 6.04 Å². The van der Waals surface area contributed by atoms with Crippen molar-refractivity contribution in [3.8, 4) is 0 Å². The van der Waals surface area contributed by atoms with E-state index in [-0.39, 0.29) is 18.8 Å². The van der Waals surface area contributed by atoms with Gasteiger partial charge in [0.25, 0.3) is 0 Å². The predicted molar refractivity (Wildman–Crippen MR) is 68.3 cm³/mol. The van der Waals surface area contributed by atoms with Crippen molar-refractivity contribution >= 4 is 22.5 Å². The number of hydroxylamine groups is 2. The van der Waals surface area contributed by atoms with Crippen LogP contribution in [0, 0.1) is 0 Å². The Hall–Kier alpha value is -2.22. The molecule has 0 unspecified atom stereocenters. The van der Waals surface area contributed by atoms with Gasteiger partial charge >= 0.3 is 22.5 Å². The third kappa shape index (κ3) is 2.10. The first-order valence-corrected chi connectivity index (χ1v) is 7.45. The lowest BCUT2D eigenvalue weighted by Gasteiger charge is -2.28. The number of hydrogen-bond acceptors (Lipinski definition) is 7. The highest BCUT2D eigenvalue weighted by Crippen LogP contribution is 2.42. The van der Waals surface area contributed by atoms with Crippen LogP contribution in [0.2, 0.25) is 0 Å². The second kappa shape index (κ2) is 4.64. The van der Waals surface area contributed by atoms with Gasteiger partial charge in [-0.2, -0.15) is 23.3 Å². The summed E-state index contributed by atoms with van der Waals surface area (Å²) in [6, 6.07) is -3.14. The second-order valence-electron chi connectivity index (χ2n) is 4.78. The quantitative estimate of drug-likeness (QED) is 0.551. The number of amides is 3. The Bertz CT molecular complexity index is 759. The number of urea groups is 1. The molecule has 2 aliphatic rings. The van der Waals surface area contributed by atoms with Crippen LogP contribution >= 0.6 is 0 Å². The Balaban J connectivity index is 2.08. The lowest BCUT2D eigenvalue weighted by atomic mass is 9.98. The summed E-state index contributed by atoms with van der Waals surface area (Å²) < 4.78 is 35.8. The van der Waals surface area contributed by atoms with E-state index in [1.807, 2.05) is 0 Å². The molecule has 120 valence electrons. The molecule has 5 N–H and O–H groups in total. The van der Waals surface area contributed by atoms with Crippen molar-refractivity contribution in [2.24, 2.45) is 11.5 Å². The molecule has 13 heteroatoms. The fourth-order valence-electron chi connectivity index (χ4n) is 2.69. The van der Waals surface area contributed by atoms with Gasteiger partial charge < -0.3 is 16.4 Å². The summed E-state index contributed by atoms with van der Waals surface area (Å²) in [6.45, 7) is 0.0780. The maximum absolute atomic E-state index is 12.2. The van der Waals surface area contributed by atoms with Crippen molar-refractivity contribution in [2.45, 2.75) is 12.1 Å². The molecule has 0 spiro atoms. The minimum Gasteiger partial charge on any atom is -0.350 e. The molecule has 12 nitrogen and oxygen atoms in total. The van der Waals surface area contributed by atoms with Crippen molar-refractivity contribution < 1.29 is 26.8 Å². The van der Waals surface area contributed by atoms with E-state index in [1.54, 1.807) is 0 Å². The third-order valence-electron chi connectivity index (χ3n) is 3.53. The van der Waals surface area contributed by atoms with E-state index < -0.39 is 34.5 Å². The normalized spacial score (nSPS) is 23.8. The zero-order valence-corrected chi connectivity index (χ0v) is 11.8. The maximum atomic E-state index is 12.2. The molecule has 0 radical (unpaired) electrons. The number of primary amides is 1. The summed E-state index contributed by atoms with van der Waals surface area (Å²) in [7, 11) is -4.89. The van der Waals surface area contributed by atoms with Crippen molar-refractivity contribution in [1.82, 2.24) is 19.7 Å². The van der Waals surface area contributed by atoms with Gasteiger partial charge in [-0.25, -0.2) is 9.59 Å². The Labute approximate surface area is 124 Å². The Morgan fingerprint density at radius 2 is 2.23 bits per heavy atom. The van der Waals surface area contributed by atoms with E-state index in [0.717, 1.165) is 4.68 Å². The summed E-state index contributed by atoms with van der Waals surface area (Å²) in [4.78, 5) is 24.7. The summed E-state index contributed by atoms with van der Waals surface area (Å²) in [6.07, 6.45) is 1.33. The van der Waals surface area contributed by atoms with E-state index >= 15 is 0 Å². The molecule has 2 aliphatic heterocycles. The first-order chi connectivity index (χ1) is 10.2. The molecule has 1 aromatic rings. The highest BCUT2D eigenvalue weighted by molar-refractivity contribution is 7.80. The van der Waals surface area contributed by atoms with E-state index in [2.05, 4.69) is 9.38 Å². The van der Waals surface area contributed by atoms with Crippen molar-refractivity contribution in [2.75, 3.05) is 13.1 Å². The third-order valence-corrected chi connectivity index (χ3v) is 3.88.